The maximum absolute atomic E-state index is 14.0. The Labute approximate surface area is 165 Å². The quantitative estimate of drug-likeness (QED) is 0.447. The predicted octanol–water partition coefficient (Wildman–Crippen LogP) is 0.528. The molecule has 30 heavy (non-hydrogen) atoms. The van der Waals surface area contributed by atoms with Crippen molar-refractivity contribution in [3.63, 3.8) is 0 Å². The fourth-order valence-electron chi connectivity index (χ4n) is 2.76. The molecule has 0 atom stereocenters. The molecule has 0 unspecified atom stereocenters. The number of aromatic amines is 2. The summed E-state index contributed by atoms with van der Waals surface area (Å²) < 4.78 is 33.9. The molecule has 0 spiro atoms. The SMILES string of the molecule is O=c1[nH]c(O)c(C=c2cnn3c(=NC4CC4)nc(Oc4ccc(F)cc4F)nc23)[nH]1. The van der Waals surface area contributed by atoms with Gasteiger partial charge in [-0.3, -0.25) is 4.98 Å². The van der Waals surface area contributed by atoms with Crippen LogP contribution in [-0.2, 0) is 0 Å². The maximum atomic E-state index is 14.0. The molecule has 0 bridgehead atoms. The zero-order valence-electron chi connectivity index (χ0n) is 15.1. The van der Waals surface area contributed by atoms with E-state index in [0.29, 0.717) is 11.3 Å². The molecular formula is C18H13F2N7O3. The number of nitrogens with zero attached hydrogens (tertiary/aromatic N) is 5. The molecule has 5 rings (SSSR count). The van der Waals surface area contributed by atoms with Crippen LogP contribution in [0.15, 0.2) is 34.2 Å². The van der Waals surface area contributed by atoms with Gasteiger partial charge in [0.25, 0.3) is 5.62 Å². The molecule has 3 N–H and O–H groups in total. The van der Waals surface area contributed by atoms with Gasteiger partial charge in [-0.25, -0.2) is 18.6 Å². The molecule has 0 amide bonds. The average molecular weight is 413 g/mol. The van der Waals surface area contributed by atoms with Gasteiger partial charge in [0.2, 0.25) is 5.88 Å². The van der Waals surface area contributed by atoms with Gasteiger partial charge in [0, 0.05) is 11.3 Å². The molecule has 3 aromatic heterocycles. The first-order valence-corrected chi connectivity index (χ1v) is 8.92. The Morgan fingerprint density at radius 1 is 1.27 bits per heavy atom. The summed E-state index contributed by atoms with van der Waals surface area (Å²) in [5.41, 5.74) is 0.00106. The van der Waals surface area contributed by atoms with Gasteiger partial charge < -0.3 is 14.8 Å². The van der Waals surface area contributed by atoms with Crippen molar-refractivity contribution in [3.05, 3.63) is 63.0 Å². The molecular weight excluding hydrogens is 400 g/mol. The molecule has 10 nitrogen and oxygen atoms in total. The first-order valence-electron chi connectivity index (χ1n) is 8.92. The van der Waals surface area contributed by atoms with Crippen LogP contribution in [0.4, 0.5) is 8.78 Å². The summed E-state index contributed by atoms with van der Waals surface area (Å²) in [4.78, 5) is 28.9. The van der Waals surface area contributed by atoms with Crippen LogP contribution in [-0.4, -0.2) is 40.7 Å². The van der Waals surface area contributed by atoms with Crippen molar-refractivity contribution in [1.82, 2.24) is 29.5 Å². The molecule has 1 aliphatic carbocycles. The van der Waals surface area contributed by atoms with Crippen molar-refractivity contribution in [2.75, 3.05) is 0 Å². The Morgan fingerprint density at radius 3 is 2.80 bits per heavy atom. The topological polar surface area (TPSA) is 134 Å². The highest BCUT2D eigenvalue weighted by atomic mass is 19.1. The Balaban J connectivity index is 1.68. The molecule has 0 radical (unpaired) electrons. The number of aromatic hydroxyl groups is 1. The first kappa shape index (κ1) is 18.0. The van der Waals surface area contributed by atoms with Crippen LogP contribution in [0.3, 0.4) is 0 Å². The summed E-state index contributed by atoms with van der Waals surface area (Å²) >= 11 is 0. The van der Waals surface area contributed by atoms with Gasteiger partial charge in [0.1, 0.15) is 11.5 Å². The van der Waals surface area contributed by atoms with Crippen LogP contribution in [0, 0.1) is 11.6 Å². The van der Waals surface area contributed by atoms with Crippen molar-refractivity contribution in [3.8, 4) is 17.6 Å². The van der Waals surface area contributed by atoms with Crippen LogP contribution in [0.2, 0.25) is 0 Å². The lowest BCUT2D eigenvalue weighted by atomic mass is 10.3. The Kier molecular flexibility index (Phi) is 4.05. The van der Waals surface area contributed by atoms with Crippen LogP contribution < -0.4 is 21.3 Å². The third-order valence-corrected chi connectivity index (χ3v) is 4.33. The minimum Gasteiger partial charge on any atom is -0.493 e. The third kappa shape index (κ3) is 3.38. The molecule has 1 fully saturated rings. The fourth-order valence-corrected chi connectivity index (χ4v) is 2.76. The maximum Gasteiger partial charge on any atom is 0.327 e. The van der Waals surface area contributed by atoms with Crippen LogP contribution in [0.5, 0.6) is 17.6 Å². The fraction of sp³-hybridized carbons (Fsp3) is 0.167. The predicted molar refractivity (Wildman–Crippen MR) is 97.7 cm³/mol. The van der Waals surface area contributed by atoms with Crippen molar-refractivity contribution in [2.24, 2.45) is 4.99 Å². The van der Waals surface area contributed by atoms with Crippen molar-refractivity contribution < 1.29 is 18.6 Å². The van der Waals surface area contributed by atoms with E-state index < -0.39 is 17.3 Å². The van der Waals surface area contributed by atoms with E-state index >= 15 is 0 Å². The van der Waals surface area contributed by atoms with E-state index in [9.17, 15) is 18.7 Å². The van der Waals surface area contributed by atoms with E-state index in [4.69, 9.17) is 4.74 Å². The summed E-state index contributed by atoms with van der Waals surface area (Å²) in [6, 6.07) is 2.75. The smallest absolute Gasteiger partial charge is 0.327 e. The Morgan fingerprint density at radius 2 is 2.10 bits per heavy atom. The zero-order valence-corrected chi connectivity index (χ0v) is 15.1. The monoisotopic (exact) mass is 413 g/mol. The normalized spacial score (nSPS) is 15.3. The molecule has 12 heteroatoms. The van der Waals surface area contributed by atoms with E-state index in [1.807, 2.05) is 0 Å². The molecule has 0 saturated heterocycles. The second-order valence-electron chi connectivity index (χ2n) is 6.66. The van der Waals surface area contributed by atoms with Crippen LogP contribution >= 0.6 is 0 Å². The van der Waals surface area contributed by atoms with Gasteiger partial charge in [-0.1, -0.05) is 0 Å². The number of imidazole rings is 1. The van der Waals surface area contributed by atoms with Crippen molar-refractivity contribution >= 4 is 11.7 Å². The number of nitrogens with one attached hydrogen (secondary N) is 2. The lowest BCUT2D eigenvalue weighted by Crippen LogP contribution is -2.23. The minimum absolute atomic E-state index is 0.0974. The van der Waals surface area contributed by atoms with Crippen LogP contribution in [0.1, 0.15) is 18.5 Å². The summed E-state index contributed by atoms with van der Waals surface area (Å²) in [5, 5.41) is 14.4. The highest BCUT2D eigenvalue weighted by molar-refractivity contribution is 5.56. The number of H-pyrrole nitrogens is 2. The zero-order chi connectivity index (χ0) is 20.8. The summed E-state index contributed by atoms with van der Waals surface area (Å²) in [6.07, 6.45) is 4.72. The molecule has 1 aromatic carbocycles. The second kappa shape index (κ2) is 6.76. The first-order chi connectivity index (χ1) is 14.5. The largest absolute Gasteiger partial charge is 0.493 e. The number of aromatic nitrogens is 6. The van der Waals surface area contributed by atoms with Crippen LogP contribution in [0.25, 0.3) is 11.7 Å². The summed E-state index contributed by atoms with van der Waals surface area (Å²) in [5.74, 6) is -2.25. The molecule has 4 aromatic rings. The lowest BCUT2D eigenvalue weighted by Gasteiger charge is -2.05. The number of hydrogen-bond acceptors (Lipinski definition) is 7. The van der Waals surface area contributed by atoms with Gasteiger partial charge in [-0.05, 0) is 31.1 Å². The van der Waals surface area contributed by atoms with E-state index in [1.54, 1.807) is 0 Å². The standard InChI is InChI=1S/C18H13F2N7O3/c19-9-1-4-13(11(20)6-9)30-18-24-14-8(5-12-15(28)25-17(29)23-12)7-21-27(14)16(26-18)22-10-2-3-10/h1,4-7,10,28H,2-3H2,(H2,23,25,29). The summed E-state index contributed by atoms with van der Waals surface area (Å²) in [7, 11) is 0. The number of hydrogen-bond donors (Lipinski definition) is 3. The van der Waals surface area contributed by atoms with Crippen molar-refractivity contribution in [1.29, 1.82) is 0 Å². The van der Waals surface area contributed by atoms with E-state index in [0.717, 1.165) is 25.0 Å². The van der Waals surface area contributed by atoms with Gasteiger partial charge in [0.05, 0.1) is 12.2 Å². The number of halogens is 2. The molecule has 0 aliphatic heterocycles. The molecule has 1 aliphatic rings. The van der Waals surface area contributed by atoms with E-state index in [2.05, 4.69) is 30.0 Å². The number of benzene rings is 1. The number of rotatable bonds is 4. The second-order valence-corrected chi connectivity index (χ2v) is 6.66. The Bertz CT molecular complexity index is 1450. The van der Waals surface area contributed by atoms with Gasteiger partial charge >= 0.3 is 11.7 Å². The number of fused-ring (bicyclic) bond motifs is 1. The highest BCUT2D eigenvalue weighted by Gasteiger charge is 2.21. The molecule has 152 valence electrons. The lowest BCUT2D eigenvalue weighted by molar-refractivity contribution is 0.403. The molecule has 3 heterocycles. The van der Waals surface area contributed by atoms with Crippen molar-refractivity contribution in [2.45, 2.75) is 18.9 Å². The Hall–Kier alpha value is -4.09. The van der Waals surface area contributed by atoms with E-state index in [1.165, 1.54) is 16.8 Å². The van der Waals surface area contributed by atoms with E-state index in [-0.39, 0.29) is 40.6 Å². The average Bonchev–Trinajstić information content (AvgIpc) is 3.33. The minimum atomic E-state index is -0.908. The summed E-state index contributed by atoms with van der Waals surface area (Å²) in [6.45, 7) is 0. The van der Waals surface area contributed by atoms with Gasteiger partial charge in [-0.15, -0.1) is 0 Å². The molecule has 1 saturated carbocycles. The van der Waals surface area contributed by atoms with Gasteiger partial charge in [-0.2, -0.15) is 19.6 Å². The number of ether oxygens (including phenoxy) is 1. The third-order valence-electron chi connectivity index (χ3n) is 4.33. The highest BCUT2D eigenvalue weighted by Crippen LogP contribution is 2.23. The van der Waals surface area contributed by atoms with Gasteiger partial charge in [0.15, 0.2) is 17.2 Å².